The predicted molar refractivity (Wildman–Crippen MR) is 147 cm³/mol. The predicted octanol–water partition coefficient (Wildman–Crippen LogP) is 4.66. The number of nitrogens with one attached hydrogen (secondary N) is 1. The highest BCUT2D eigenvalue weighted by atomic mass is 35.5. The molecule has 3 rings (SSSR count). The standard InChI is InChI=1S/C28H31ClFN3O4S/c1-3-26(28(35)31-4-2)32(18-17-21-11-7-5-8-12-21)27(34)20-33(22-15-16-25(30)24(29)19-22)38(36,37)23-13-9-6-10-14-23/h5-16,19,26H,3-4,17-18,20H2,1-2H3,(H,31,35)/t26-/m1/s1. The maximum absolute atomic E-state index is 13.9. The zero-order valence-corrected chi connectivity index (χ0v) is 22.9. The van der Waals surface area contributed by atoms with E-state index in [1.54, 1.807) is 32.0 Å². The summed E-state index contributed by atoms with van der Waals surface area (Å²) in [5.74, 6) is -1.61. The highest BCUT2D eigenvalue weighted by molar-refractivity contribution is 7.92. The SMILES string of the molecule is CCNC(=O)[C@@H](CC)N(CCc1ccccc1)C(=O)CN(c1ccc(F)c(Cl)c1)S(=O)(=O)c1ccccc1. The van der Waals surface area contributed by atoms with E-state index in [0.717, 1.165) is 15.9 Å². The lowest BCUT2D eigenvalue weighted by Crippen LogP contribution is -2.53. The summed E-state index contributed by atoms with van der Waals surface area (Å²) in [5.41, 5.74) is 0.998. The Balaban J connectivity index is 2.01. The number of amides is 2. The molecule has 7 nitrogen and oxygen atoms in total. The van der Waals surface area contributed by atoms with Gasteiger partial charge in [0.1, 0.15) is 18.4 Å². The molecule has 3 aromatic carbocycles. The van der Waals surface area contributed by atoms with E-state index in [2.05, 4.69) is 5.32 Å². The van der Waals surface area contributed by atoms with Crippen LogP contribution in [-0.2, 0) is 26.0 Å². The summed E-state index contributed by atoms with van der Waals surface area (Å²) >= 11 is 5.98. The fourth-order valence-electron chi connectivity index (χ4n) is 4.08. The number of nitrogens with zero attached hydrogens (tertiary/aromatic N) is 2. The Morgan fingerprint density at radius 2 is 1.61 bits per heavy atom. The molecule has 0 bridgehead atoms. The Labute approximate surface area is 228 Å². The fourth-order valence-corrected chi connectivity index (χ4v) is 5.68. The van der Waals surface area contributed by atoms with E-state index in [4.69, 9.17) is 11.6 Å². The smallest absolute Gasteiger partial charge is 0.264 e. The van der Waals surface area contributed by atoms with Crippen LogP contribution in [0.5, 0.6) is 0 Å². The largest absolute Gasteiger partial charge is 0.355 e. The molecule has 3 aromatic rings. The van der Waals surface area contributed by atoms with Gasteiger partial charge in [-0.25, -0.2) is 12.8 Å². The third-order valence-corrected chi connectivity index (χ3v) is 8.10. The van der Waals surface area contributed by atoms with E-state index in [0.29, 0.717) is 19.4 Å². The third kappa shape index (κ3) is 7.11. The lowest BCUT2D eigenvalue weighted by atomic mass is 10.1. The summed E-state index contributed by atoms with van der Waals surface area (Å²) in [6.07, 6.45) is 0.802. The molecule has 0 fully saturated rings. The number of sulfonamides is 1. The van der Waals surface area contributed by atoms with Crippen molar-refractivity contribution in [2.24, 2.45) is 0 Å². The average Bonchev–Trinajstić information content (AvgIpc) is 2.92. The highest BCUT2D eigenvalue weighted by Gasteiger charge is 2.33. The Morgan fingerprint density at radius 3 is 2.18 bits per heavy atom. The topological polar surface area (TPSA) is 86.8 Å². The number of hydrogen-bond donors (Lipinski definition) is 1. The van der Waals surface area contributed by atoms with Crippen molar-refractivity contribution in [1.29, 1.82) is 0 Å². The Kier molecular flexibility index (Phi) is 10.3. The van der Waals surface area contributed by atoms with Crippen LogP contribution in [-0.4, -0.2) is 50.8 Å². The van der Waals surface area contributed by atoms with Gasteiger partial charge in [-0.1, -0.05) is 67.1 Å². The van der Waals surface area contributed by atoms with Crippen LogP contribution in [0.4, 0.5) is 10.1 Å². The van der Waals surface area contributed by atoms with Crippen LogP contribution in [0.2, 0.25) is 5.02 Å². The van der Waals surface area contributed by atoms with Crippen molar-refractivity contribution >= 4 is 39.1 Å². The molecule has 0 aliphatic carbocycles. The monoisotopic (exact) mass is 559 g/mol. The maximum Gasteiger partial charge on any atom is 0.264 e. The second kappa shape index (κ2) is 13.4. The zero-order chi connectivity index (χ0) is 27.7. The second-order valence-corrected chi connectivity index (χ2v) is 10.8. The molecule has 0 unspecified atom stereocenters. The van der Waals surface area contributed by atoms with Crippen LogP contribution in [0.3, 0.4) is 0 Å². The van der Waals surface area contributed by atoms with Crippen LogP contribution < -0.4 is 9.62 Å². The summed E-state index contributed by atoms with van der Waals surface area (Å²) in [6.45, 7) is 3.55. The number of halogens is 2. The summed E-state index contributed by atoms with van der Waals surface area (Å²) < 4.78 is 42.2. The van der Waals surface area contributed by atoms with Gasteiger partial charge in [-0.2, -0.15) is 0 Å². The van der Waals surface area contributed by atoms with Crippen molar-refractivity contribution in [2.45, 2.75) is 37.6 Å². The van der Waals surface area contributed by atoms with E-state index in [1.165, 1.54) is 29.2 Å². The van der Waals surface area contributed by atoms with Crippen molar-refractivity contribution in [3.63, 3.8) is 0 Å². The normalized spacial score (nSPS) is 12.0. The van der Waals surface area contributed by atoms with Gasteiger partial charge in [-0.05, 0) is 55.7 Å². The lowest BCUT2D eigenvalue weighted by Gasteiger charge is -2.33. The van der Waals surface area contributed by atoms with Gasteiger partial charge < -0.3 is 10.2 Å². The number of likely N-dealkylation sites (N-methyl/N-ethyl adjacent to an activating group) is 1. The van der Waals surface area contributed by atoms with Crippen LogP contribution in [0.1, 0.15) is 25.8 Å². The number of carbonyl (C=O) groups excluding carboxylic acids is 2. The first-order valence-electron chi connectivity index (χ1n) is 12.3. The number of rotatable bonds is 12. The minimum absolute atomic E-state index is 0.0303. The molecule has 10 heteroatoms. The molecule has 0 spiro atoms. The molecule has 0 aliphatic heterocycles. The first kappa shape index (κ1) is 29.1. The molecule has 202 valence electrons. The van der Waals surface area contributed by atoms with Gasteiger partial charge in [-0.3, -0.25) is 13.9 Å². The van der Waals surface area contributed by atoms with Crippen molar-refractivity contribution in [3.05, 3.63) is 95.3 Å². The minimum atomic E-state index is -4.24. The van der Waals surface area contributed by atoms with Gasteiger partial charge in [0.2, 0.25) is 11.8 Å². The molecule has 38 heavy (non-hydrogen) atoms. The Bertz CT molecular complexity index is 1340. The van der Waals surface area contributed by atoms with Crippen LogP contribution in [0.25, 0.3) is 0 Å². The highest BCUT2D eigenvalue weighted by Crippen LogP contribution is 2.28. The number of anilines is 1. The van der Waals surface area contributed by atoms with Gasteiger partial charge in [0.15, 0.2) is 0 Å². The number of hydrogen-bond acceptors (Lipinski definition) is 4. The summed E-state index contributed by atoms with van der Waals surface area (Å²) in [7, 11) is -4.24. The molecule has 2 amide bonds. The molecular weight excluding hydrogens is 529 g/mol. The van der Waals surface area contributed by atoms with Crippen LogP contribution >= 0.6 is 11.6 Å². The Morgan fingerprint density at radius 1 is 0.974 bits per heavy atom. The minimum Gasteiger partial charge on any atom is -0.355 e. The average molecular weight is 560 g/mol. The zero-order valence-electron chi connectivity index (χ0n) is 21.3. The van der Waals surface area contributed by atoms with E-state index >= 15 is 0 Å². The Hall–Kier alpha value is -3.43. The molecule has 0 aromatic heterocycles. The van der Waals surface area contributed by atoms with Crippen molar-refractivity contribution in [1.82, 2.24) is 10.2 Å². The van der Waals surface area contributed by atoms with Crippen LogP contribution in [0.15, 0.2) is 83.8 Å². The first-order chi connectivity index (χ1) is 18.2. The van der Waals surface area contributed by atoms with Gasteiger partial charge >= 0.3 is 0 Å². The van der Waals surface area contributed by atoms with Gasteiger partial charge in [0, 0.05) is 13.1 Å². The van der Waals surface area contributed by atoms with Gasteiger partial charge in [-0.15, -0.1) is 0 Å². The van der Waals surface area contributed by atoms with E-state index in [-0.39, 0.29) is 28.1 Å². The van der Waals surface area contributed by atoms with Gasteiger partial charge in [0.25, 0.3) is 10.0 Å². The molecule has 0 aliphatic rings. The second-order valence-electron chi connectivity index (χ2n) is 8.56. The van der Waals surface area contributed by atoms with Gasteiger partial charge in [0.05, 0.1) is 15.6 Å². The van der Waals surface area contributed by atoms with Crippen molar-refractivity contribution in [2.75, 3.05) is 23.9 Å². The quantitative estimate of drug-likeness (QED) is 0.350. The maximum atomic E-state index is 13.9. The third-order valence-electron chi connectivity index (χ3n) is 6.02. The molecule has 0 heterocycles. The molecule has 1 N–H and O–H groups in total. The molecule has 0 radical (unpaired) electrons. The van der Waals surface area contributed by atoms with E-state index in [9.17, 15) is 22.4 Å². The van der Waals surface area contributed by atoms with E-state index in [1.807, 2.05) is 30.3 Å². The summed E-state index contributed by atoms with van der Waals surface area (Å²) in [6, 6.07) is 19.8. The molecular formula is C28H31ClFN3O4S. The number of carbonyl (C=O) groups is 2. The van der Waals surface area contributed by atoms with Crippen molar-refractivity contribution in [3.8, 4) is 0 Å². The van der Waals surface area contributed by atoms with E-state index < -0.39 is 34.3 Å². The molecule has 1 atom stereocenters. The first-order valence-corrected chi connectivity index (χ1v) is 14.1. The lowest BCUT2D eigenvalue weighted by molar-refractivity contribution is -0.139. The molecule has 0 saturated heterocycles. The molecule has 0 saturated carbocycles. The van der Waals surface area contributed by atoms with Crippen molar-refractivity contribution < 1.29 is 22.4 Å². The van der Waals surface area contributed by atoms with Crippen LogP contribution in [0, 0.1) is 5.82 Å². The number of benzene rings is 3. The summed E-state index contributed by atoms with van der Waals surface area (Å²) in [5, 5.41) is 2.48. The summed E-state index contributed by atoms with van der Waals surface area (Å²) in [4.78, 5) is 28.1. The fraction of sp³-hybridized carbons (Fsp3) is 0.286.